The number of hydrogen-bond acceptors (Lipinski definition) is 4. The standard InChI is InChI=1S/C19H32N2O5Si/c1-19(2,3)27(4,5)25-13-16-12-21(18(23)24)11-15(26-16)10-9-14-7-6-8-17(22)20-14/h6-8,15-16H,9-13H2,1-5H3,(H,20,22)(H,23,24)/t15-,16+/m1/s1. The molecule has 27 heavy (non-hydrogen) atoms. The number of ether oxygens (including phenoxy) is 1. The molecular formula is C19H32N2O5Si. The molecule has 2 heterocycles. The van der Waals surface area contributed by atoms with Crippen LogP contribution in [0, 0.1) is 0 Å². The molecule has 152 valence electrons. The Balaban J connectivity index is 1.97. The Hall–Kier alpha value is -1.64. The molecule has 2 N–H and O–H groups in total. The van der Waals surface area contributed by atoms with Gasteiger partial charge in [0.2, 0.25) is 5.56 Å². The average molecular weight is 397 g/mol. The largest absolute Gasteiger partial charge is 0.465 e. The molecule has 8 heteroatoms. The lowest BCUT2D eigenvalue weighted by atomic mass is 10.1. The molecule has 1 aromatic heterocycles. The first-order valence-corrected chi connectivity index (χ1v) is 12.3. The first-order chi connectivity index (χ1) is 12.5. The first kappa shape index (κ1) is 21.7. The minimum atomic E-state index is -1.92. The highest BCUT2D eigenvalue weighted by Crippen LogP contribution is 2.36. The zero-order valence-corrected chi connectivity index (χ0v) is 17.9. The van der Waals surface area contributed by atoms with Crippen LogP contribution in [0.3, 0.4) is 0 Å². The second-order valence-corrected chi connectivity index (χ2v) is 13.5. The van der Waals surface area contributed by atoms with Crippen molar-refractivity contribution in [3.63, 3.8) is 0 Å². The van der Waals surface area contributed by atoms with Crippen molar-refractivity contribution >= 4 is 14.4 Å². The van der Waals surface area contributed by atoms with Gasteiger partial charge in [-0.15, -0.1) is 0 Å². The summed E-state index contributed by atoms with van der Waals surface area (Å²) in [4.78, 5) is 27.1. The fourth-order valence-corrected chi connectivity index (χ4v) is 3.84. The maximum absolute atomic E-state index is 11.5. The lowest BCUT2D eigenvalue weighted by Gasteiger charge is -2.40. The number of hydrogen-bond donors (Lipinski definition) is 2. The second kappa shape index (κ2) is 8.58. The molecule has 0 aromatic carbocycles. The van der Waals surface area contributed by atoms with E-state index in [1.165, 1.54) is 11.0 Å². The van der Waals surface area contributed by atoms with Crippen LogP contribution in [-0.2, 0) is 15.6 Å². The van der Waals surface area contributed by atoms with E-state index in [0.717, 1.165) is 5.69 Å². The summed E-state index contributed by atoms with van der Waals surface area (Å²) in [7, 11) is -1.92. The van der Waals surface area contributed by atoms with Crippen LogP contribution in [0.4, 0.5) is 4.79 Å². The second-order valence-electron chi connectivity index (χ2n) is 8.72. The Morgan fingerprint density at radius 1 is 1.33 bits per heavy atom. The van der Waals surface area contributed by atoms with Crippen LogP contribution < -0.4 is 5.56 Å². The molecule has 0 radical (unpaired) electrons. The van der Waals surface area contributed by atoms with Crippen molar-refractivity contribution in [3.8, 4) is 0 Å². The van der Waals surface area contributed by atoms with E-state index in [4.69, 9.17) is 9.16 Å². The topological polar surface area (TPSA) is 91.9 Å². The van der Waals surface area contributed by atoms with Crippen molar-refractivity contribution in [2.24, 2.45) is 0 Å². The highest BCUT2D eigenvalue weighted by molar-refractivity contribution is 6.74. The fourth-order valence-electron chi connectivity index (χ4n) is 2.81. The zero-order chi connectivity index (χ0) is 20.2. The lowest BCUT2D eigenvalue weighted by molar-refractivity contribution is -0.0954. The average Bonchev–Trinajstić information content (AvgIpc) is 2.57. The molecule has 2 rings (SSSR count). The Labute approximate surface area is 161 Å². The Morgan fingerprint density at radius 2 is 2.00 bits per heavy atom. The predicted molar refractivity (Wildman–Crippen MR) is 107 cm³/mol. The molecule has 1 amide bonds. The molecular weight excluding hydrogens is 364 g/mol. The summed E-state index contributed by atoms with van der Waals surface area (Å²) < 4.78 is 12.4. The van der Waals surface area contributed by atoms with Gasteiger partial charge >= 0.3 is 6.09 Å². The van der Waals surface area contributed by atoms with E-state index in [-0.39, 0.29) is 22.8 Å². The van der Waals surface area contributed by atoms with E-state index >= 15 is 0 Å². The van der Waals surface area contributed by atoms with Crippen molar-refractivity contribution in [1.82, 2.24) is 9.88 Å². The van der Waals surface area contributed by atoms with Gasteiger partial charge in [-0.3, -0.25) is 4.79 Å². The van der Waals surface area contributed by atoms with Gasteiger partial charge in [0.1, 0.15) is 0 Å². The maximum atomic E-state index is 11.5. The van der Waals surface area contributed by atoms with Gasteiger partial charge in [0, 0.05) is 11.8 Å². The molecule has 1 aliphatic rings. The molecule has 1 fully saturated rings. The van der Waals surface area contributed by atoms with Gasteiger partial charge < -0.3 is 24.2 Å². The number of rotatable bonds is 6. The number of aromatic amines is 1. The lowest BCUT2D eigenvalue weighted by Crippen LogP contribution is -2.53. The van der Waals surface area contributed by atoms with Gasteiger partial charge in [-0.2, -0.15) is 0 Å². The van der Waals surface area contributed by atoms with Crippen LogP contribution in [0.25, 0.3) is 0 Å². The van der Waals surface area contributed by atoms with Crippen LogP contribution in [0.15, 0.2) is 23.0 Å². The molecule has 2 atom stereocenters. The first-order valence-electron chi connectivity index (χ1n) is 9.43. The number of morpholine rings is 1. The molecule has 0 bridgehead atoms. The van der Waals surface area contributed by atoms with Gasteiger partial charge in [-0.1, -0.05) is 26.8 Å². The Kier molecular flexibility index (Phi) is 6.88. The summed E-state index contributed by atoms with van der Waals surface area (Å²) in [6.07, 6.45) is -0.159. The number of nitrogens with one attached hydrogen (secondary N) is 1. The molecule has 0 saturated carbocycles. The molecule has 0 spiro atoms. The van der Waals surface area contributed by atoms with E-state index in [9.17, 15) is 14.7 Å². The summed E-state index contributed by atoms with van der Waals surface area (Å²) in [5.41, 5.74) is 0.692. The molecule has 0 unspecified atom stereocenters. The number of H-pyrrole nitrogens is 1. The van der Waals surface area contributed by atoms with Crippen LogP contribution >= 0.6 is 0 Å². The SMILES string of the molecule is CC(C)(C)[Si](C)(C)OC[C@@H]1CN(C(=O)O)C[C@@H](CCc2cccc(=O)[nH]2)O1. The highest BCUT2D eigenvalue weighted by Gasteiger charge is 2.39. The van der Waals surface area contributed by atoms with Gasteiger partial charge in [-0.25, -0.2) is 4.79 Å². The monoisotopic (exact) mass is 396 g/mol. The van der Waals surface area contributed by atoms with Crippen LogP contribution in [-0.4, -0.2) is 61.3 Å². The molecule has 1 aromatic rings. The number of pyridine rings is 1. The van der Waals surface area contributed by atoms with E-state index in [1.807, 2.05) is 6.07 Å². The maximum Gasteiger partial charge on any atom is 0.407 e. The summed E-state index contributed by atoms with van der Waals surface area (Å²) in [6.45, 7) is 11.9. The molecule has 7 nitrogen and oxygen atoms in total. The van der Waals surface area contributed by atoms with Crippen LogP contribution in [0.5, 0.6) is 0 Å². The number of carbonyl (C=O) groups is 1. The Bertz CT molecular complexity index is 698. The third-order valence-corrected chi connectivity index (χ3v) is 10.0. The van der Waals surface area contributed by atoms with Crippen LogP contribution in [0.1, 0.15) is 32.9 Å². The third kappa shape index (κ3) is 6.19. The summed E-state index contributed by atoms with van der Waals surface area (Å²) >= 11 is 0. The minimum Gasteiger partial charge on any atom is -0.465 e. The quantitative estimate of drug-likeness (QED) is 0.721. The Morgan fingerprint density at radius 3 is 2.59 bits per heavy atom. The number of amides is 1. The van der Waals surface area contributed by atoms with Crippen molar-refractivity contribution in [3.05, 3.63) is 34.2 Å². The summed E-state index contributed by atoms with van der Waals surface area (Å²) in [6, 6.07) is 5.05. The van der Waals surface area contributed by atoms with Crippen molar-refractivity contribution in [2.45, 2.75) is 64.0 Å². The van der Waals surface area contributed by atoms with Gasteiger partial charge in [-0.05, 0) is 37.0 Å². The van der Waals surface area contributed by atoms with Crippen molar-refractivity contribution in [1.29, 1.82) is 0 Å². The molecule has 1 aliphatic heterocycles. The van der Waals surface area contributed by atoms with E-state index in [0.29, 0.717) is 32.5 Å². The fraction of sp³-hybridized carbons (Fsp3) is 0.684. The molecule has 0 aliphatic carbocycles. The summed E-state index contributed by atoms with van der Waals surface area (Å²) in [5, 5.41) is 9.53. The number of aromatic nitrogens is 1. The van der Waals surface area contributed by atoms with E-state index in [2.05, 4.69) is 38.8 Å². The number of nitrogens with zero attached hydrogens (tertiary/aromatic N) is 1. The van der Waals surface area contributed by atoms with Crippen molar-refractivity contribution in [2.75, 3.05) is 19.7 Å². The van der Waals surface area contributed by atoms with E-state index < -0.39 is 14.4 Å². The molecule has 1 saturated heterocycles. The van der Waals surface area contributed by atoms with Crippen LogP contribution in [0.2, 0.25) is 18.1 Å². The van der Waals surface area contributed by atoms with Gasteiger partial charge in [0.15, 0.2) is 8.32 Å². The van der Waals surface area contributed by atoms with Gasteiger partial charge in [0.25, 0.3) is 0 Å². The third-order valence-electron chi connectivity index (χ3n) is 5.50. The van der Waals surface area contributed by atoms with Crippen molar-refractivity contribution < 1.29 is 19.1 Å². The number of aryl methyl sites for hydroxylation is 1. The highest BCUT2D eigenvalue weighted by atomic mass is 28.4. The normalized spacial score (nSPS) is 21.3. The predicted octanol–water partition coefficient (Wildman–Crippen LogP) is 3.08. The zero-order valence-electron chi connectivity index (χ0n) is 16.9. The summed E-state index contributed by atoms with van der Waals surface area (Å²) in [5.74, 6) is 0. The minimum absolute atomic E-state index is 0.0900. The van der Waals surface area contributed by atoms with Gasteiger partial charge in [0.05, 0.1) is 31.9 Å². The smallest absolute Gasteiger partial charge is 0.407 e. The number of carboxylic acid groups (broad SMARTS) is 1. The van der Waals surface area contributed by atoms with E-state index in [1.54, 1.807) is 6.07 Å².